The van der Waals surface area contributed by atoms with Crippen molar-refractivity contribution in [3.05, 3.63) is 53.1 Å². The average Bonchev–Trinajstić information content (AvgIpc) is 3.26. The molecule has 0 atom stereocenters. The first kappa shape index (κ1) is 14.6. The quantitative estimate of drug-likeness (QED) is 0.770. The van der Waals surface area contributed by atoms with E-state index in [0.717, 1.165) is 41.2 Å². The zero-order valence-corrected chi connectivity index (χ0v) is 13.3. The molecule has 0 bridgehead atoms. The lowest BCUT2D eigenvalue weighted by atomic mass is 10.0. The smallest absolute Gasteiger partial charge is 0.227 e. The third-order valence-corrected chi connectivity index (χ3v) is 4.39. The Hall–Kier alpha value is -3.03. The second-order valence-corrected chi connectivity index (χ2v) is 5.94. The summed E-state index contributed by atoms with van der Waals surface area (Å²) in [6.45, 7) is 3.36. The normalized spacial score (nSPS) is 13.8. The standard InChI is InChI=1S/C16H17N7O/c1-11-14-9-22(7-6-15(14)19-18-11)16(24)8-12-2-4-13(5-3-12)23-10-17-20-21-23/h2-5,10H,6-9H2,1H3,(H,18,19). The molecule has 122 valence electrons. The van der Waals surface area contributed by atoms with Crippen molar-refractivity contribution in [2.75, 3.05) is 6.54 Å². The Morgan fingerprint density at radius 2 is 2.12 bits per heavy atom. The van der Waals surface area contributed by atoms with E-state index < -0.39 is 0 Å². The van der Waals surface area contributed by atoms with E-state index in [-0.39, 0.29) is 5.91 Å². The molecule has 3 heterocycles. The lowest BCUT2D eigenvalue weighted by Crippen LogP contribution is -2.36. The van der Waals surface area contributed by atoms with Crippen LogP contribution in [0, 0.1) is 6.92 Å². The summed E-state index contributed by atoms with van der Waals surface area (Å²) < 4.78 is 1.58. The molecule has 1 N–H and O–H groups in total. The van der Waals surface area contributed by atoms with Gasteiger partial charge in [0.05, 0.1) is 17.8 Å². The maximum absolute atomic E-state index is 12.6. The summed E-state index contributed by atoms with van der Waals surface area (Å²) in [5.74, 6) is 0.136. The number of H-pyrrole nitrogens is 1. The molecule has 1 aliphatic rings. The van der Waals surface area contributed by atoms with Crippen LogP contribution in [0.15, 0.2) is 30.6 Å². The van der Waals surface area contributed by atoms with E-state index in [1.54, 1.807) is 11.0 Å². The second-order valence-electron chi connectivity index (χ2n) is 5.94. The van der Waals surface area contributed by atoms with E-state index in [1.807, 2.05) is 36.1 Å². The molecule has 1 amide bonds. The van der Waals surface area contributed by atoms with Gasteiger partial charge in [-0.25, -0.2) is 4.68 Å². The SMILES string of the molecule is Cc1[nH]nc2c1CN(C(=O)Cc1ccc(-n3cnnn3)cc1)CC2. The topological polar surface area (TPSA) is 92.6 Å². The number of fused-ring (bicyclic) bond motifs is 1. The monoisotopic (exact) mass is 323 g/mol. The molecule has 0 fully saturated rings. The fourth-order valence-corrected chi connectivity index (χ4v) is 2.98. The van der Waals surface area contributed by atoms with Gasteiger partial charge < -0.3 is 4.90 Å². The summed E-state index contributed by atoms with van der Waals surface area (Å²) in [6, 6.07) is 7.70. The third kappa shape index (κ3) is 2.66. The highest BCUT2D eigenvalue weighted by atomic mass is 16.2. The van der Waals surface area contributed by atoms with Crippen molar-refractivity contribution >= 4 is 5.91 Å². The first-order valence-corrected chi connectivity index (χ1v) is 7.83. The number of rotatable bonds is 3. The number of hydrogen-bond acceptors (Lipinski definition) is 5. The highest BCUT2D eigenvalue weighted by Crippen LogP contribution is 2.20. The van der Waals surface area contributed by atoms with E-state index in [0.29, 0.717) is 13.0 Å². The minimum absolute atomic E-state index is 0.136. The van der Waals surface area contributed by atoms with Crippen molar-refractivity contribution < 1.29 is 4.79 Å². The van der Waals surface area contributed by atoms with Gasteiger partial charge in [-0.3, -0.25) is 9.89 Å². The van der Waals surface area contributed by atoms with Crippen molar-refractivity contribution in [2.24, 2.45) is 0 Å². The zero-order valence-electron chi connectivity index (χ0n) is 13.3. The molecule has 0 spiro atoms. The van der Waals surface area contributed by atoms with Crippen LogP contribution in [0.2, 0.25) is 0 Å². The van der Waals surface area contributed by atoms with Gasteiger partial charge in [0.1, 0.15) is 6.33 Å². The number of benzene rings is 1. The molecule has 8 heteroatoms. The van der Waals surface area contributed by atoms with Crippen LogP contribution in [0.1, 0.15) is 22.5 Å². The Balaban J connectivity index is 1.44. The molecule has 2 aromatic heterocycles. The lowest BCUT2D eigenvalue weighted by Gasteiger charge is -2.27. The van der Waals surface area contributed by atoms with E-state index in [2.05, 4.69) is 25.7 Å². The summed E-state index contributed by atoms with van der Waals surface area (Å²) in [4.78, 5) is 14.5. The fraction of sp³-hybridized carbons (Fsp3) is 0.312. The first-order valence-electron chi connectivity index (χ1n) is 7.83. The van der Waals surface area contributed by atoms with Gasteiger partial charge >= 0.3 is 0 Å². The average molecular weight is 323 g/mol. The van der Waals surface area contributed by atoms with Crippen molar-refractivity contribution in [1.29, 1.82) is 0 Å². The van der Waals surface area contributed by atoms with Crippen LogP contribution in [0.25, 0.3) is 5.69 Å². The van der Waals surface area contributed by atoms with Gasteiger partial charge in [0.25, 0.3) is 0 Å². The number of aryl methyl sites for hydroxylation is 1. The minimum atomic E-state index is 0.136. The van der Waals surface area contributed by atoms with Crippen LogP contribution in [-0.4, -0.2) is 47.8 Å². The van der Waals surface area contributed by atoms with E-state index >= 15 is 0 Å². The van der Waals surface area contributed by atoms with Crippen LogP contribution in [0.4, 0.5) is 0 Å². The van der Waals surface area contributed by atoms with Gasteiger partial charge in [-0.2, -0.15) is 5.10 Å². The van der Waals surface area contributed by atoms with E-state index in [4.69, 9.17) is 0 Å². The van der Waals surface area contributed by atoms with Gasteiger partial charge in [-0.05, 0) is 35.0 Å². The van der Waals surface area contributed by atoms with Crippen LogP contribution in [0.5, 0.6) is 0 Å². The number of aromatic amines is 1. The minimum Gasteiger partial charge on any atom is -0.338 e. The van der Waals surface area contributed by atoms with Crippen LogP contribution < -0.4 is 0 Å². The van der Waals surface area contributed by atoms with E-state index in [1.165, 1.54) is 0 Å². The summed E-state index contributed by atoms with van der Waals surface area (Å²) in [7, 11) is 0. The van der Waals surface area contributed by atoms with Gasteiger partial charge in [-0.15, -0.1) is 5.10 Å². The van der Waals surface area contributed by atoms with Crippen molar-refractivity contribution in [3.63, 3.8) is 0 Å². The molecule has 3 aromatic rings. The maximum atomic E-state index is 12.6. The van der Waals surface area contributed by atoms with E-state index in [9.17, 15) is 4.79 Å². The van der Waals surface area contributed by atoms with Gasteiger partial charge in [-0.1, -0.05) is 12.1 Å². The Kier molecular flexibility index (Phi) is 3.56. The molecule has 24 heavy (non-hydrogen) atoms. The Labute approximate surface area is 138 Å². The summed E-state index contributed by atoms with van der Waals surface area (Å²) in [5, 5.41) is 18.4. The number of carbonyl (C=O) groups is 1. The third-order valence-electron chi connectivity index (χ3n) is 4.39. The summed E-state index contributed by atoms with van der Waals surface area (Å²) in [5.41, 5.74) is 5.14. The van der Waals surface area contributed by atoms with Crippen molar-refractivity contribution in [1.82, 2.24) is 35.3 Å². The molecule has 0 aliphatic carbocycles. The predicted molar refractivity (Wildman–Crippen MR) is 85.3 cm³/mol. The molecule has 0 radical (unpaired) electrons. The highest BCUT2D eigenvalue weighted by molar-refractivity contribution is 5.79. The van der Waals surface area contributed by atoms with Crippen LogP contribution in [0.3, 0.4) is 0 Å². The molecule has 1 aromatic carbocycles. The fourth-order valence-electron chi connectivity index (χ4n) is 2.98. The molecule has 1 aliphatic heterocycles. The molecular formula is C16H17N7O. The number of carbonyl (C=O) groups excluding carboxylic acids is 1. The zero-order chi connectivity index (χ0) is 16.5. The Morgan fingerprint density at radius 1 is 1.29 bits per heavy atom. The highest BCUT2D eigenvalue weighted by Gasteiger charge is 2.23. The first-order chi connectivity index (χ1) is 11.7. The number of hydrogen-bond donors (Lipinski definition) is 1. The summed E-state index contributed by atoms with van der Waals surface area (Å²) >= 11 is 0. The van der Waals surface area contributed by atoms with Crippen LogP contribution in [-0.2, 0) is 24.2 Å². The van der Waals surface area contributed by atoms with Gasteiger partial charge in [0, 0.05) is 30.8 Å². The lowest BCUT2D eigenvalue weighted by molar-refractivity contribution is -0.131. The maximum Gasteiger partial charge on any atom is 0.227 e. The largest absolute Gasteiger partial charge is 0.338 e. The molecule has 8 nitrogen and oxygen atoms in total. The number of nitrogens with one attached hydrogen (secondary N) is 1. The predicted octanol–water partition coefficient (Wildman–Crippen LogP) is 0.821. The number of tetrazole rings is 1. The van der Waals surface area contributed by atoms with Gasteiger partial charge in [0.2, 0.25) is 5.91 Å². The molecule has 0 saturated carbocycles. The number of amides is 1. The second kappa shape index (κ2) is 5.88. The summed E-state index contributed by atoms with van der Waals surface area (Å²) in [6.07, 6.45) is 2.74. The molecular weight excluding hydrogens is 306 g/mol. The number of nitrogens with zero attached hydrogens (tertiary/aromatic N) is 6. The molecule has 0 saturated heterocycles. The Bertz CT molecular complexity index is 851. The van der Waals surface area contributed by atoms with Crippen molar-refractivity contribution in [2.45, 2.75) is 26.3 Å². The molecule has 0 unspecified atom stereocenters. The Morgan fingerprint density at radius 3 is 2.88 bits per heavy atom. The van der Waals surface area contributed by atoms with Gasteiger partial charge in [0.15, 0.2) is 0 Å². The number of aromatic nitrogens is 6. The van der Waals surface area contributed by atoms with Crippen molar-refractivity contribution in [3.8, 4) is 5.69 Å². The van der Waals surface area contributed by atoms with Crippen LogP contribution >= 0.6 is 0 Å². The molecule has 4 rings (SSSR count).